The van der Waals surface area contributed by atoms with Crippen molar-refractivity contribution in [1.82, 2.24) is 0 Å². The Morgan fingerprint density at radius 1 is 0.833 bits per heavy atom. The second kappa shape index (κ2) is 11.4. The first-order valence-electron chi connectivity index (χ1n) is 8.29. The van der Waals surface area contributed by atoms with Crippen molar-refractivity contribution in [1.29, 1.82) is 0 Å². The quantitative estimate of drug-likeness (QED) is 0.281. The molecule has 0 saturated carbocycles. The topological polar surface area (TPSA) is 0 Å². The van der Waals surface area contributed by atoms with Gasteiger partial charge in [0, 0.05) is 0 Å². The summed E-state index contributed by atoms with van der Waals surface area (Å²) in [6, 6.07) is 0. The van der Waals surface area contributed by atoms with E-state index in [1.807, 2.05) is 0 Å². The number of unbranched alkanes of at least 4 members (excludes halogenated alkanes) is 3. The summed E-state index contributed by atoms with van der Waals surface area (Å²) in [6.45, 7) is 11.8. The Bertz CT molecular complexity index is 186. The van der Waals surface area contributed by atoms with E-state index in [2.05, 4.69) is 46.8 Å². The van der Waals surface area contributed by atoms with E-state index in [1.54, 1.807) is 13.3 Å². The molecule has 0 aliphatic heterocycles. The van der Waals surface area contributed by atoms with Gasteiger partial charge >= 0.3 is 121 Å². The third kappa shape index (κ3) is 6.63. The normalized spacial score (nSPS) is 14.3. The fourth-order valence-electron chi connectivity index (χ4n) is 3.14. The van der Waals surface area contributed by atoms with Crippen molar-refractivity contribution in [2.75, 3.05) is 0 Å². The minimum atomic E-state index is -1.91. The Hall–Kier alpha value is 0.539. The molecule has 0 bridgehead atoms. The van der Waals surface area contributed by atoms with Crippen LogP contribution < -0.4 is 0 Å². The number of allylic oxidation sites excluding steroid dienone is 2. The van der Waals surface area contributed by atoms with Crippen LogP contribution >= 0.6 is 0 Å². The minimum absolute atomic E-state index is 0.953. The van der Waals surface area contributed by atoms with Gasteiger partial charge in [-0.25, -0.2) is 0 Å². The molecular formula is C17H36Sn. The van der Waals surface area contributed by atoms with Gasteiger partial charge in [-0.3, -0.25) is 0 Å². The van der Waals surface area contributed by atoms with Crippen molar-refractivity contribution in [3.8, 4) is 0 Å². The van der Waals surface area contributed by atoms with E-state index in [9.17, 15) is 0 Å². The molecule has 0 aromatic carbocycles. The zero-order chi connectivity index (χ0) is 13.9. The second-order valence-electron chi connectivity index (χ2n) is 5.99. The molecule has 1 unspecified atom stereocenters. The van der Waals surface area contributed by atoms with Crippen LogP contribution in [0.2, 0.25) is 17.2 Å². The summed E-state index contributed by atoms with van der Waals surface area (Å²) >= 11 is -1.91. The molecule has 108 valence electrons. The van der Waals surface area contributed by atoms with E-state index in [0.29, 0.717) is 0 Å². The molecule has 0 aromatic rings. The van der Waals surface area contributed by atoms with Gasteiger partial charge in [0.15, 0.2) is 0 Å². The van der Waals surface area contributed by atoms with E-state index < -0.39 is 18.4 Å². The molecule has 0 fully saturated rings. The van der Waals surface area contributed by atoms with Crippen LogP contribution in [0.5, 0.6) is 0 Å². The third-order valence-electron chi connectivity index (χ3n) is 4.53. The van der Waals surface area contributed by atoms with Gasteiger partial charge in [0.25, 0.3) is 0 Å². The molecule has 1 heteroatoms. The predicted molar refractivity (Wildman–Crippen MR) is 89.1 cm³/mol. The Labute approximate surface area is 121 Å². The summed E-state index contributed by atoms with van der Waals surface area (Å²) in [5, 5.41) is 0. The van der Waals surface area contributed by atoms with Crippen molar-refractivity contribution in [3.63, 3.8) is 0 Å². The summed E-state index contributed by atoms with van der Waals surface area (Å²) < 4.78 is 5.86. The van der Waals surface area contributed by atoms with Gasteiger partial charge < -0.3 is 0 Å². The summed E-state index contributed by atoms with van der Waals surface area (Å²) in [7, 11) is 0. The van der Waals surface area contributed by atoms with Gasteiger partial charge in [-0.05, 0) is 0 Å². The summed E-state index contributed by atoms with van der Waals surface area (Å²) in [5.74, 6) is 0. The predicted octanol–water partition coefficient (Wildman–Crippen LogP) is 6.80. The SMILES string of the molecule is CC=C[CH](C)[Sn]([CH2]CCC)([CH2]CCC)[CH2]CCC. The molecule has 0 saturated heterocycles. The van der Waals surface area contributed by atoms with Crippen molar-refractivity contribution < 1.29 is 0 Å². The van der Waals surface area contributed by atoms with E-state index in [1.165, 1.54) is 38.5 Å². The van der Waals surface area contributed by atoms with Crippen LogP contribution in [0.1, 0.15) is 73.1 Å². The maximum atomic E-state index is 2.54. The number of rotatable bonds is 11. The Kier molecular flexibility index (Phi) is 11.7. The molecule has 1 atom stereocenters. The Morgan fingerprint density at radius 3 is 1.50 bits per heavy atom. The number of hydrogen-bond acceptors (Lipinski definition) is 0. The standard InChI is InChI=1S/C5H9.3C4H9.Sn/c1-3-5-4-2;3*1-3-4-2;/h3-5H,1-2H3;3*1,3-4H2,2H3;. The van der Waals surface area contributed by atoms with Crippen molar-refractivity contribution in [2.24, 2.45) is 0 Å². The second-order valence-corrected chi connectivity index (χ2v) is 20.6. The fraction of sp³-hybridized carbons (Fsp3) is 0.882. The monoisotopic (exact) mass is 360 g/mol. The van der Waals surface area contributed by atoms with E-state index in [4.69, 9.17) is 0 Å². The van der Waals surface area contributed by atoms with Gasteiger partial charge in [0.2, 0.25) is 0 Å². The molecule has 0 heterocycles. The van der Waals surface area contributed by atoms with Crippen LogP contribution in [-0.2, 0) is 0 Å². The van der Waals surface area contributed by atoms with Crippen molar-refractivity contribution in [2.45, 2.75) is 90.4 Å². The zero-order valence-corrected chi connectivity index (χ0v) is 16.5. The average Bonchev–Trinajstić information content (AvgIpc) is 2.38. The van der Waals surface area contributed by atoms with Gasteiger partial charge in [-0.15, -0.1) is 0 Å². The molecule has 0 aromatic heterocycles. The van der Waals surface area contributed by atoms with E-state index in [-0.39, 0.29) is 0 Å². The van der Waals surface area contributed by atoms with Crippen LogP contribution in [0.25, 0.3) is 0 Å². The summed E-state index contributed by atoms with van der Waals surface area (Å²) in [5.41, 5.74) is 0. The first kappa shape index (κ1) is 18.5. The molecule has 0 N–H and O–H groups in total. The van der Waals surface area contributed by atoms with E-state index in [0.717, 1.165) is 3.93 Å². The van der Waals surface area contributed by atoms with Crippen LogP contribution in [0.4, 0.5) is 0 Å². The Balaban J connectivity index is 4.83. The molecule has 18 heavy (non-hydrogen) atoms. The van der Waals surface area contributed by atoms with Crippen LogP contribution in [0.15, 0.2) is 12.2 Å². The fourth-order valence-corrected chi connectivity index (χ4v) is 19.9. The first-order chi connectivity index (χ1) is 8.66. The van der Waals surface area contributed by atoms with Gasteiger partial charge in [-0.1, -0.05) is 0 Å². The van der Waals surface area contributed by atoms with Gasteiger partial charge in [-0.2, -0.15) is 0 Å². The summed E-state index contributed by atoms with van der Waals surface area (Å²) in [6.07, 6.45) is 13.5. The summed E-state index contributed by atoms with van der Waals surface area (Å²) in [4.78, 5) is 0. The maximum absolute atomic E-state index is 2.54. The van der Waals surface area contributed by atoms with E-state index >= 15 is 0 Å². The van der Waals surface area contributed by atoms with Crippen LogP contribution in [0, 0.1) is 0 Å². The molecule has 0 aliphatic rings. The Morgan fingerprint density at radius 2 is 1.22 bits per heavy atom. The van der Waals surface area contributed by atoms with Gasteiger partial charge in [0.1, 0.15) is 0 Å². The van der Waals surface area contributed by atoms with Crippen LogP contribution in [-0.4, -0.2) is 18.4 Å². The van der Waals surface area contributed by atoms with Crippen molar-refractivity contribution >= 4 is 18.4 Å². The molecule has 0 amide bonds. The molecule has 0 aliphatic carbocycles. The number of hydrogen-bond donors (Lipinski definition) is 0. The molecule has 0 nitrogen and oxygen atoms in total. The third-order valence-corrected chi connectivity index (χ3v) is 22.1. The molecule has 0 radical (unpaired) electrons. The van der Waals surface area contributed by atoms with Crippen LogP contribution in [0.3, 0.4) is 0 Å². The van der Waals surface area contributed by atoms with Crippen molar-refractivity contribution in [3.05, 3.63) is 12.2 Å². The first-order valence-corrected chi connectivity index (χ1v) is 16.0. The molecule has 0 rings (SSSR count). The van der Waals surface area contributed by atoms with Gasteiger partial charge in [0.05, 0.1) is 0 Å². The average molecular weight is 359 g/mol. The molecule has 0 spiro atoms. The molecular weight excluding hydrogens is 323 g/mol. The zero-order valence-electron chi connectivity index (χ0n) is 13.6.